The zero-order chi connectivity index (χ0) is 16.9. The first-order valence-corrected chi connectivity index (χ1v) is 8.31. The number of hydrogen-bond donors (Lipinski definition) is 1. The van der Waals surface area contributed by atoms with Crippen molar-refractivity contribution in [2.75, 3.05) is 12.4 Å². The van der Waals surface area contributed by atoms with Gasteiger partial charge in [-0.25, -0.2) is 4.98 Å². The highest BCUT2D eigenvalue weighted by Gasteiger charge is 2.19. The molecule has 24 heavy (non-hydrogen) atoms. The van der Waals surface area contributed by atoms with E-state index in [1.54, 1.807) is 37.4 Å². The smallest absolute Gasteiger partial charge is 0.274 e. The number of ether oxygens (including phenoxy) is 2. The van der Waals surface area contributed by atoms with Gasteiger partial charge in [0.15, 0.2) is 11.5 Å². The van der Waals surface area contributed by atoms with Crippen molar-refractivity contribution in [1.29, 1.82) is 0 Å². The summed E-state index contributed by atoms with van der Waals surface area (Å²) in [6, 6.07) is 8.55. The highest BCUT2D eigenvalue weighted by molar-refractivity contribution is 6.30. The van der Waals surface area contributed by atoms with Crippen LogP contribution in [0, 0.1) is 0 Å². The van der Waals surface area contributed by atoms with Gasteiger partial charge in [0, 0.05) is 18.0 Å². The molecule has 2 aromatic rings. The van der Waals surface area contributed by atoms with Crippen LogP contribution in [-0.2, 0) is 0 Å². The summed E-state index contributed by atoms with van der Waals surface area (Å²) in [5.74, 6) is 0.999. The molecule has 0 unspecified atom stereocenters. The second kappa shape index (κ2) is 7.53. The van der Waals surface area contributed by atoms with Crippen molar-refractivity contribution in [3.05, 3.63) is 47.2 Å². The molecule has 1 aromatic heterocycles. The molecule has 0 atom stereocenters. The molecule has 1 aliphatic carbocycles. The number of rotatable bonds is 5. The van der Waals surface area contributed by atoms with E-state index in [-0.39, 0.29) is 12.0 Å². The van der Waals surface area contributed by atoms with E-state index in [1.165, 1.54) is 19.0 Å². The molecule has 1 N–H and O–H groups in total. The van der Waals surface area contributed by atoms with Crippen molar-refractivity contribution in [1.82, 2.24) is 4.98 Å². The van der Waals surface area contributed by atoms with E-state index in [1.807, 2.05) is 0 Å². The van der Waals surface area contributed by atoms with Gasteiger partial charge in [-0.2, -0.15) is 0 Å². The van der Waals surface area contributed by atoms with Crippen molar-refractivity contribution in [3.63, 3.8) is 0 Å². The summed E-state index contributed by atoms with van der Waals surface area (Å²) in [6.45, 7) is 0. The Balaban J connectivity index is 1.75. The van der Waals surface area contributed by atoms with Crippen molar-refractivity contribution in [2.45, 2.75) is 31.8 Å². The molecule has 5 nitrogen and oxygen atoms in total. The number of amides is 1. The van der Waals surface area contributed by atoms with E-state index in [0.29, 0.717) is 27.9 Å². The second-order valence-corrected chi connectivity index (χ2v) is 6.14. The Bertz CT molecular complexity index is 713. The first-order valence-electron chi connectivity index (χ1n) is 7.93. The number of hydrogen-bond acceptors (Lipinski definition) is 4. The number of pyridine rings is 1. The van der Waals surface area contributed by atoms with Crippen LogP contribution in [-0.4, -0.2) is 24.1 Å². The molecule has 1 heterocycles. The average Bonchev–Trinajstić information content (AvgIpc) is 3.09. The highest BCUT2D eigenvalue weighted by atomic mass is 35.5. The standard InChI is InChI=1S/C18H19ClN2O3/c1-23-16-9-7-13(10-17(16)24-14-4-2-3-5-14)21-18(22)15-8-6-12(19)11-20-15/h6-11,14H,2-5H2,1H3,(H,21,22). The minimum atomic E-state index is -0.302. The summed E-state index contributed by atoms with van der Waals surface area (Å²) < 4.78 is 11.4. The molecule has 1 aliphatic rings. The molecule has 3 rings (SSSR count). The van der Waals surface area contributed by atoms with E-state index in [2.05, 4.69) is 10.3 Å². The first kappa shape index (κ1) is 16.6. The monoisotopic (exact) mass is 346 g/mol. The quantitative estimate of drug-likeness (QED) is 0.876. The van der Waals surface area contributed by atoms with Gasteiger partial charge in [0.05, 0.1) is 18.2 Å². The van der Waals surface area contributed by atoms with E-state index in [4.69, 9.17) is 21.1 Å². The molecule has 0 bridgehead atoms. The number of halogens is 1. The summed E-state index contributed by atoms with van der Waals surface area (Å²) in [5.41, 5.74) is 0.930. The number of anilines is 1. The van der Waals surface area contributed by atoms with Gasteiger partial charge in [0.2, 0.25) is 0 Å². The molecule has 0 aliphatic heterocycles. The van der Waals surface area contributed by atoms with Crippen LogP contribution in [0.1, 0.15) is 36.2 Å². The van der Waals surface area contributed by atoms with E-state index < -0.39 is 0 Å². The van der Waals surface area contributed by atoms with Crippen LogP contribution >= 0.6 is 11.6 Å². The van der Waals surface area contributed by atoms with Gasteiger partial charge in [-0.05, 0) is 49.9 Å². The van der Waals surface area contributed by atoms with E-state index in [9.17, 15) is 4.79 Å². The van der Waals surface area contributed by atoms with Gasteiger partial charge in [-0.3, -0.25) is 4.79 Å². The molecule has 1 aromatic carbocycles. The lowest BCUT2D eigenvalue weighted by Gasteiger charge is -2.17. The minimum Gasteiger partial charge on any atom is -0.493 e. The normalized spacial score (nSPS) is 14.4. The predicted molar refractivity (Wildman–Crippen MR) is 93.1 cm³/mol. The first-order chi connectivity index (χ1) is 11.7. The Morgan fingerprint density at radius 3 is 2.67 bits per heavy atom. The molecule has 0 saturated heterocycles. The maximum atomic E-state index is 12.2. The highest BCUT2D eigenvalue weighted by Crippen LogP contribution is 2.34. The molecule has 126 valence electrons. The Morgan fingerprint density at radius 2 is 2.00 bits per heavy atom. The third-order valence-electron chi connectivity index (χ3n) is 3.98. The zero-order valence-corrected chi connectivity index (χ0v) is 14.2. The van der Waals surface area contributed by atoms with Gasteiger partial charge in [-0.1, -0.05) is 11.6 Å². The molecule has 6 heteroatoms. The molecule has 1 fully saturated rings. The van der Waals surface area contributed by atoms with Crippen LogP contribution < -0.4 is 14.8 Å². The fourth-order valence-electron chi connectivity index (χ4n) is 2.74. The second-order valence-electron chi connectivity index (χ2n) is 5.71. The Morgan fingerprint density at radius 1 is 1.21 bits per heavy atom. The summed E-state index contributed by atoms with van der Waals surface area (Å²) in [5, 5.41) is 3.30. The summed E-state index contributed by atoms with van der Waals surface area (Å²) in [4.78, 5) is 16.3. The predicted octanol–water partition coefficient (Wildman–Crippen LogP) is 4.32. The van der Waals surface area contributed by atoms with Gasteiger partial charge in [-0.15, -0.1) is 0 Å². The van der Waals surface area contributed by atoms with Crippen molar-refractivity contribution in [2.24, 2.45) is 0 Å². The lowest BCUT2D eigenvalue weighted by molar-refractivity contribution is 0.102. The van der Waals surface area contributed by atoms with Crippen molar-refractivity contribution in [3.8, 4) is 11.5 Å². The molecular weight excluding hydrogens is 328 g/mol. The summed E-state index contributed by atoms with van der Waals surface area (Å²) >= 11 is 5.79. The van der Waals surface area contributed by atoms with Gasteiger partial charge in [0.25, 0.3) is 5.91 Å². The molecular formula is C18H19ClN2O3. The van der Waals surface area contributed by atoms with Gasteiger partial charge >= 0.3 is 0 Å². The Hall–Kier alpha value is -2.27. The van der Waals surface area contributed by atoms with Crippen LogP contribution in [0.5, 0.6) is 11.5 Å². The fraction of sp³-hybridized carbons (Fsp3) is 0.333. The zero-order valence-electron chi connectivity index (χ0n) is 13.4. The number of nitrogens with one attached hydrogen (secondary N) is 1. The third kappa shape index (κ3) is 3.97. The lowest BCUT2D eigenvalue weighted by atomic mass is 10.2. The van der Waals surface area contributed by atoms with Crippen molar-refractivity contribution < 1.29 is 14.3 Å². The number of aromatic nitrogens is 1. The molecule has 1 saturated carbocycles. The Labute approximate surface area is 145 Å². The van der Waals surface area contributed by atoms with Crippen molar-refractivity contribution >= 4 is 23.2 Å². The van der Waals surface area contributed by atoms with Crippen LogP contribution in [0.3, 0.4) is 0 Å². The lowest BCUT2D eigenvalue weighted by Crippen LogP contribution is -2.14. The largest absolute Gasteiger partial charge is 0.493 e. The molecule has 1 amide bonds. The maximum Gasteiger partial charge on any atom is 0.274 e. The topological polar surface area (TPSA) is 60.5 Å². The summed E-state index contributed by atoms with van der Waals surface area (Å²) in [7, 11) is 1.60. The van der Waals surface area contributed by atoms with Crippen LogP contribution in [0.2, 0.25) is 5.02 Å². The number of carbonyl (C=O) groups excluding carboxylic acids is 1. The van der Waals surface area contributed by atoms with Gasteiger partial charge < -0.3 is 14.8 Å². The Kier molecular flexibility index (Phi) is 5.20. The van der Waals surface area contributed by atoms with Gasteiger partial charge in [0.1, 0.15) is 5.69 Å². The van der Waals surface area contributed by atoms with Crippen LogP contribution in [0.4, 0.5) is 5.69 Å². The SMILES string of the molecule is COc1ccc(NC(=O)c2ccc(Cl)cn2)cc1OC1CCCC1. The number of methoxy groups -OCH3 is 1. The third-order valence-corrected chi connectivity index (χ3v) is 4.20. The number of carbonyl (C=O) groups is 1. The van der Waals surface area contributed by atoms with E-state index >= 15 is 0 Å². The molecule has 0 spiro atoms. The molecule has 0 radical (unpaired) electrons. The minimum absolute atomic E-state index is 0.211. The van der Waals surface area contributed by atoms with Crippen LogP contribution in [0.15, 0.2) is 36.5 Å². The number of nitrogens with zero attached hydrogens (tertiary/aromatic N) is 1. The van der Waals surface area contributed by atoms with E-state index in [0.717, 1.165) is 12.8 Å². The average molecular weight is 347 g/mol. The van der Waals surface area contributed by atoms with Crippen LogP contribution in [0.25, 0.3) is 0 Å². The fourth-order valence-corrected chi connectivity index (χ4v) is 2.85. The number of benzene rings is 1. The summed E-state index contributed by atoms with van der Waals surface area (Å²) in [6.07, 6.45) is 6.13. The maximum absolute atomic E-state index is 12.2.